The van der Waals surface area contributed by atoms with E-state index in [2.05, 4.69) is 25.7 Å². The second-order valence-corrected chi connectivity index (χ2v) is 11.8. The Morgan fingerprint density at radius 1 is 1.18 bits per heavy atom. The molecule has 0 atom stereocenters. The Hall–Kier alpha value is -0.493. The van der Waals surface area contributed by atoms with Gasteiger partial charge in [0.15, 0.2) is 19.9 Å². The van der Waals surface area contributed by atoms with E-state index >= 15 is 0 Å². The van der Waals surface area contributed by atoms with E-state index in [1.54, 1.807) is 0 Å². The van der Waals surface area contributed by atoms with Crippen LogP contribution in [0.25, 0.3) is 0 Å². The zero-order chi connectivity index (χ0) is 16.1. The van der Waals surface area contributed by atoms with Gasteiger partial charge in [-0.2, -0.15) is 0 Å². The Balaban J connectivity index is 1.67. The third-order valence-corrected chi connectivity index (χ3v) is 5.17. The number of carbonyl (C=O) groups excluding carboxylic acids is 1. The molecule has 0 spiro atoms. The van der Waals surface area contributed by atoms with E-state index in [0.717, 1.165) is 44.1 Å². The topological polar surface area (TPSA) is 44.8 Å². The Kier molecular flexibility index (Phi) is 6.38. The van der Waals surface area contributed by atoms with Crippen molar-refractivity contribution < 1.29 is 18.7 Å². The number of hydrogen-bond acceptors (Lipinski definition) is 4. The predicted octanol–water partition coefficient (Wildman–Crippen LogP) is 3.82. The molecule has 1 aliphatic heterocycles. The molecule has 5 heteroatoms. The summed E-state index contributed by atoms with van der Waals surface area (Å²) in [5, 5.41) is 0. The zero-order valence-electron chi connectivity index (χ0n) is 14.3. The van der Waals surface area contributed by atoms with Gasteiger partial charge >= 0.3 is 0 Å². The summed E-state index contributed by atoms with van der Waals surface area (Å²) in [5.74, 6) is -0.176. The molecule has 1 fully saturated rings. The van der Waals surface area contributed by atoms with Gasteiger partial charge in [0.1, 0.15) is 0 Å². The second-order valence-electron chi connectivity index (χ2n) is 7.26. The predicted molar refractivity (Wildman–Crippen MR) is 89.3 cm³/mol. The minimum atomic E-state index is -1.56. The Labute approximate surface area is 135 Å². The van der Waals surface area contributed by atoms with E-state index in [-0.39, 0.29) is 0 Å². The molecule has 0 amide bonds. The fourth-order valence-corrected chi connectivity index (χ4v) is 3.56. The number of Topliss-reactive ketones (excluding diaryl/α,β-unsaturated/α-hetero) is 1. The van der Waals surface area contributed by atoms with E-state index in [1.165, 1.54) is 0 Å². The maximum atomic E-state index is 11.6. The van der Waals surface area contributed by atoms with Gasteiger partial charge in [-0.25, -0.2) is 0 Å². The summed E-state index contributed by atoms with van der Waals surface area (Å²) in [5.41, 5.74) is 1.05. The first-order valence-corrected chi connectivity index (χ1v) is 12.0. The van der Waals surface area contributed by atoms with E-state index in [9.17, 15) is 4.79 Å². The summed E-state index contributed by atoms with van der Waals surface area (Å²) < 4.78 is 17.7. The van der Waals surface area contributed by atoms with Gasteiger partial charge in [-0.1, -0.05) is 12.5 Å². The van der Waals surface area contributed by atoms with Crippen molar-refractivity contribution >= 4 is 14.1 Å². The molecule has 22 heavy (non-hydrogen) atoms. The van der Waals surface area contributed by atoms with Crippen LogP contribution >= 0.6 is 0 Å². The number of rotatable bonds is 9. The van der Waals surface area contributed by atoms with E-state index in [0.29, 0.717) is 32.0 Å². The molecule has 0 saturated carbocycles. The summed E-state index contributed by atoms with van der Waals surface area (Å²) in [7, 11) is -1.56. The monoisotopic (exact) mass is 326 g/mol. The normalized spacial score (nSPS) is 21.4. The summed E-state index contributed by atoms with van der Waals surface area (Å²) in [6, 6.07) is 0. The third kappa shape index (κ3) is 5.61. The van der Waals surface area contributed by atoms with Crippen molar-refractivity contribution in [1.29, 1.82) is 0 Å². The van der Waals surface area contributed by atoms with Crippen LogP contribution in [0.2, 0.25) is 19.6 Å². The molecular weight excluding hydrogens is 296 g/mol. The van der Waals surface area contributed by atoms with Gasteiger partial charge in [0.25, 0.3) is 0 Å². The molecule has 1 saturated heterocycles. The molecule has 2 aliphatic rings. The number of ether oxygens (including phenoxy) is 2. The second kappa shape index (κ2) is 7.86. The summed E-state index contributed by atoms with van der Waals surface area (Å²) >= 11 is 0. The molecule has 126 valence electrons. The van der Waals surface area contributed by atoms with E-state index in [4.69, 9.17) is 13.9 Å². The SMILES string of the molecule is C[Si](C)(C)OCC1(CCCCCC2=CCCC2=O)OCCO1. The fourth-order valence-electron chi connectivity index (χ4n) is 2.90. The minimum Gasteiger partial charge on any atom is -0.412 e. The van der Waals surface area contributed by atoms with Gasteiger partial charge in [0.2, 0.25) is 0 Å². The van der Waals surface area contributed by atoms with Gasteiger partial charge < -0.3 is 13.9 Å². The molecule has 0 bridgehead atoms. The average molecular weight is 327 g/mol. The van der Waals surface area contributed by atoms with E-state index < -0.39 is 14.1 Å². The Morgan fingerprint density at radius 2 is 1.91 bits per heavy atom. The number of hydrogen-bond donors (Lipinski definition) is 0. The zero-order valence-corrected chi connectivity index (χ0v) is 15.3. The lowest BCUT2D eigenvalue weighted by atomic mass is 10.0. The van der Waals surface area contributed by atoms with Crippen LogP contribution in [0.3, 0.4) is 0 Å². The largest absolute Gasteiger partial charge is 0.412 e. The Bertz CT molecular complexity index is 405. The highest BCUT2D eigenvalue weighted by Crippen LogP contribution is 2.28. The van der Waals surface area contributed by atoms with Gasteiger partial charge in [-0.15, -0.1) is 0 Å². The molecule has 0 aromatic rings. The quantitative estimate of drug-likeness (QED) is 0.477. The van der Waals surface area contributed by atoms with Gasteiger partial charge in [-0.05, 0) is 50.9 Å². The highest BCUT2D eigenvalue weighted by Gasteiger charge is 2.37. The van der Waals surface area contributed by atoms with Crippen LogP contribution < -0.4 is 0 Å². The number of carbonyl (C=O) groups is 1. The van der Waals surface area contributed by atoms with Crippen LogP contribution in [0.1, 0.15) is 44.9 Å². The highest BCUT2D eigenvalue weighted by atomic mass is 28.4. The van der Waals surface area contributed by atoms with Crippen molar-refractivity contribution in [1.82, 2.24) is 0 Å². The Morgan fingerprint density at radius 3 is 2.50 bits per heavy atom. The van der Waals surface area contributed by atoms with Gasteiger partial charge in [0.05, 0.1) is 19.8 Å². The molecule has 1 aliphatic carbocycles. The van der Waals surface area contributed by atoms with Crippen molar-refractivity contribution in [2.75, 3.05) is 19.8 Å². The first kappa shape index (κ1) is 17.9. The van der Waals surface area contributed by atoms with Crippen LogP contribution in [0.4, 0.5) is 0 Å². The standard InChI is InChI=1S/C17H30O4Si/c1-22(2,3)21-14-17(19-12-13-20-17)11-6-4-5-8-15-9-7-10-16(15)18/h9H,4-8,10-14H2,1-3H3. The molecule has 0 N–H and O–H groups in total. The minimum absolute atomic E-state index is 0.350. The van der Waals surface area contributed by atoms with Gasteiger partial charge in [0, 0.05) is 12.8 Å². The molecule has 0 radical (unpaired) electrons. The maximum absolute atomic E-state index is 11.6. The third-order valence-electron chi connectivity index (χ3n) is 4.16. The maximum Gasteiger partial charge on any atom is 0.190 e. The van der Waals surface area contributed by atoms with Crippen molar-refractivity contribution in [3.05, 3.63) is 11.6 Å². The number of allylic oxidation sites excluding steroid dienone is 2. The number of ketones is 1. The van der Waals surface area contributed by atoms with Crippen molar-refractivity contribution in [3.8, 4) is 0 Å². The highest BCUT2D eigenvalue weighted by molar-refractivity contribution is 6.69. The first-order valence-electron chi connectivity index (χ1n) is 8.54. The van der Waals surface area contributed by atoms with Crippen LogP contribution in [0.5, 0.6) is 0 Å². The van der Waals surface area contributed by atoms with Crippen molar-refractivity contribution in [2.45, 2.75) is 70.4 Å². The summed E-state index contributed by atoms with van der Waals surface area (Å²) in [6.07, 6.45) is 8.80. The molecule has 0 unspecified atom stereocenters. The lowest BCUT2D eigenvalue weighted by molar-refractivity contribution is -0.183. The smallest absolute Gasteiger partial charge is 0.190 e. The molecule has 0 aromatic carbocycles. The van der Waals surface area contributed by atoms with Crippen LogP contribution in [-0.4, -0.2) is 39.7 Å². The lowest BCUT2D eigenvalue weighted by Gasteiger charge is -2.30. The van der Waals surface area contributed by atoms with Gasteiger partial charge in [-0.3, -0.25) is 4.79 Å². The summed E-state index contributed by atoms with van der Waals surface area (Å²) in [4.78, 5) is 11.6. The van der Waals surface area contributed by atoms with Crippen molar-refractivity contribution in [2.24, 2.45) is 0 Å². The molecule has 0 aromatic heterocycles. The van der Waals surface area contributed by atoms with Crippen LogP contribution in [0, 0.1) is 0 Å². The van der Waals surface area contributed by atoms with Crippen molar-refractivity contribution in [3.63, 3.8) is 0 Å². The summed E-state index contributed by atoms with van der Waals surface area (Å²) in [6.45, 7) is 8.42. The van der Waals surface area contributed by atoms with E-state index in [1.807, 2.05) is 0 Å². The van der Waals surface area contributed by atoms with Crippen LogP contribution in [-0.2, 0) is 18.7 Å². The van der Waals surface area contributed by atoms with Crippen LogP contribution in [0.15, 0.2) is 11.6 Å². The molecule has 1 heterocycles. The first-order chi connectivity index (χ1) is 10.4. The molecule has 4 nitrogen and oxygen atoms in total. The lowest BCUT2D eigenvalue weighted by Crippen LogP contribution is -2.40. The average Bonchev–Trinajstić information content (AvgIpc) is 3.06. The molecular formula is C17H30O4Si. The molecule has 2 rings (SSSR count). The number of unbranched alkanes of at least 4 members (excludes halogenated alkanes) is 2. The fraction of sp³-hybridized carbons (Fsp3) is 0.824.